The summed E-state index contributed by atoms with van der Waals surface area (Å²) in [4.78, 5) is 20.5. The van der Waals surface area contributed by atoms with Crippen molar-refractivity contribution in [2.24, 2.45) is 0 Å². The zero-order valence-electron chi connectivity index (χ0n) is 18.7. The Morgan fingerprint density at radius 1 is 0.971 bits per heavy atom. The minimum absolute atomic E-state index is 0.0225. The minimum atomic E-state index is -4.52. The number of hydrogen-bond acceptors (Lipinski definition) is 4. The van der Waals surface area contributed by atoms with E-state index < -0.39 is 17.8 Å². The van der Waals surface area contributed by atoms with Crippen LogP contribution in [0.5, 0.6) is 11.6 Å². The van der Waals surface area contributed by atoms with Gasteiger partial charge in [-0.1, -0.05) is 13.0 Å². The van der Waals surface area contributed by atoms with Gasteiger partial charge in [-0.2, -0.15) is 13.2 Å². The molecule has 0 aliphatic carbocycles. The Morgan fingerprint density at radius 3 is 2.34 bits per heavy atom. The molecule has 2 amide bonds. The number of nitrogens with zero attached hydrogens (tertiary/aromatic N) is 2. The van der Waals surface area contributed by atoms with Crippen molar-refractivity contribution in [1.82, 2.24) is 9.97 Å². The third-order valence-electron chi connectivity index (χ3n) is 5.26. The topological polar surface area (TPSA) is 76.1 Å². The molecule has 0 saturated heterocycles. The van der Waals surface area contributed by atoms with Crippen LogP contribution in [0.2, 0.25) is 0 Å². The molecule has 6 nitrogen and oxygen atoms in total. The molecular formula is C25H20F4N4O2. The number of carbonyl (C=O) groups excluding carboxylic acids is 1. The fourth-order valence-electron chi connectivity index (χ4n) is 3.48. The lowest BCUT2D eigenvalue weighted by molar-refractivity contribution is -0.138. The molecule has 0 unspecified atom stereocenters. The number of aromatic nitrogens is 2. The smallest absolute Gasteiger partial charge is 0.416 e. The summed E-state index contributed by atoms with van der Waals surface area (Å²) in [6.45, 7) is 3.25. The van der Waals surface area contributed by atoms with E-state index in [1.807, 2.05) is 0 Å². The Bertz CT molecular complexity index is 1390. The van der Waals surface area contributed by atoms with Crippen LogP contribution in [0.1, 0.15) is 23.6 Å². The Morgan fingerprint density at radius 2 is 1.66 bits per heavy atom. The first kappa shape index (κ1) is 23.9. The van der Waals surface area contributed by atoms with Crippen LogP contribution in [-0.4, -0.2) is 16.0 Å². The molecule has 0 aliphatic rings. The molecule has 4 aromatic rings. The van der Waals surface area contributed by atoms with Crippen LogP contribution in [0.4, 0.5) is 33.7 Å². The maximum atomic E-state index is 13.8. The van der Waals surface area contributed by atoms with Gasteiger partial charge in [0.25, 0.3) is 0 Å². The fraction of sp³-hybridized carbons (Fsp3) is 0.160. The van der Waals surface area contributed by atoms with E-state index in [0.29, 0.717) is 27.9 Å². The highest BCUT2D eigenvalue weighted by atomic mass is 19.4. The lowest BCUT2D eigenvalue weighted by Gasteiger charge is -2.14. The second-order valence-electron chi connectivity index (χ2n) is 7.73. The maximum Gasteiger partial charge on any atom is 0.416 e. The largest absolute Gasteiger partial charge is 0.438 e. The number of benzene rings is 3. The van der Waals surface area contributed by atoms with Crippen molar-refractivity contribution in [2.75, 3.05) is 10.6 Å². The van der Waals surface area contributed by atoms with Gasteiger partial charge in [0.15, 0.2) is 0 Å². The molecular weight excluding hydrogens is 464 g/mol. The number of urea groups is 1. The lowest BCUT2D eigenvalue weighted by Crippen LogP contribution is -2.20. The van der Waals surface area contributed by atoms with E-state index >= 15 is 0 Å². The highest BCUT2D eigenvalue weighted by Crippen LogP contribution is 2.34. The summed E-state index contributed by atoms with van der Waals surface area (Å²) >= 11 is 0. The number of amides is 2. The number of aryl methyl sites for hydroxylation is 2. The zero-order chi connectivity index (χ0) is 25.2. The van der Waals surface area contributed by atoms with Gasteiger partial charge in [-0.05, 0) is 66.9 Å². The van der Waals surface area contributed by atoms with E-state index in [2.05, 4.69) is 20.6 Å². The van der Waals surface area contributed by atoms with Gasteiger partial charge in [0.05, 0.1) is 16.5 Å². The average Bonchev–Trinajstić information content (AvgIpc) is 2.81. The van der Waals surface area contributed by atoms with Gasteiger partial charge < -0.3 is 15.4 Å². The first-order valence-corrected chi connectivity index (χ1v) is 10.6. The van der Waals surface area contributed by atoms with Crippen LogP contribution in [0.15, 0.2) is 60.9 Å². The van der Waals surface area contributed by atoms with Crippen LogP contribution in [0, 0.1) is 12.7 Å². The Labute approximate surface area is 198 Å². The predicted molar refractivity (Wildman–Crippen MR) is 124 cm³/mol. The van der Waals surface area contributed by atoms with Crippen molar-refractivity contribution in [3.8, 4) is 11.6 Å². The van der Waals surface area contributed by atoms with E-state index in [1.165, 1.54) is 24.5 Å². The number of anilines is 2. The molecule has 1 heterocycles. The number of carbonyl (C=O) groups is 1. The number of fused-ring (bicyclic) bond motifs is 1. The van der Waals surface area contributed by atoms with Gasteiger partial charge in [0.2, 0.25) is 5.88 Å². The summed E-state index contributed by atoms with van der Waals surface area (Å²) in [7, 11) is 0. The molecule has 0 atom stereocenters. The van der Waals surface area contributed by atoms with Crippen molar-refractivity contribution in [2.45, 2.75) is 26.4 Å². The third-order valence-corrected chi connectivity index (χ3v) is 5.26. The van der Waals surface area contributed by atoms with E-state index in [0.717, 1.165) is 6.07 Å². The van der Waals surface area contributed by atoms with Gasteiger partial charge in [0.1, 0.15) is 17.9 Å². The molecule has 0 saturated carbocycles. The number of alkyl halides is 3. The maximum absolute atomic E-state index is 13.8. The Kier molecular flexibility index (Phi) is 6.54. The zero-order valence-corrected chi connectivity index (χ0v) is 18.7. The van der Waals surface area contributed by atoms with Gasteiger partial charge in [0, 0.05) is 17.4 Å². The summed E-state index contributed by atoms with van der Waals surface area (Å²) < 4.78 is 59.4. The van der Waals surface area contributed by atoms with Crippen molar-refractivity contribution < 1.29 is 27.1 Å². The normalized spacial score (nSPS) is 11.4. The molecule has 180 valence electrons. The number of ether oxygens (including phenoxy) is 1. The van der Waals surface area contributed by atoms with Crippen LogP contribution in [0.3, 0.4) is 0 Å². The predicted octanol–water partition coefficient (Wildman–Crippen LogP) is 7.09. The minimum Gasteiger partial charge on any atom is -0.438 e. The number of halogens is 4. The second-order valence-corrected chi connectivity index (χ2v) is 7.73. The Balaban J connectivity index is 1.44. The van der Waals surface area contributed by atoms with Crippen molar-refractivity contribution >= 4 is 28.3 Å². The highest BCUT2D eigenvalue weighted by Gasteiger charge is 2.33. The van der Waals surface area contributed by atoms with Gasteiger partial charge >= 0.3 is 12.2 Å². The first-order chi connectivity index (χ1) is 16.6. The molecule has 3 aromatic carbocycles. The molecule has 1 aromatic heterocycles. The van der Waals surface area contributed by atoms with E-state index in [4.69, 9.17) is 4.74 Å². The Hall–Kier alpha value is -4.21. The van der Waals surface area contributed by atoms with Gasteiger partial charge in [-0.25, -0.2) is 19.2 Å². The molecule has 0 bridgehead atoms. The van der Waals surface area contributed by atoms with E-state index in [1.54, 1.807) is 44.2 Å². The molecule has 0 aliphatic heterocycles. The molecule has 0 radical (unpaired) electrons. The van der Waals surface area contributed by atoms with E-state index in [-0.39, 0.29) is 29.4 Å². The summed E-state index contributed by atoms with van der Waals surface area (Å²) in [5, 5.41) is 5.51. The van der Waals surface area contributed by atoms with Crippen molar-refractivity contribution in [3.63, 3.8) is 0 Å². The molecule has 0 spiro atoms. The van der Waals surface area contributed by atoms with Gasteiger partial charge in [-0.3, -0.25) is 0 Å². The second kappa shape index (κ2) is 9.57. The van der Waals surface area contributed by atoms with Crippen LogP contribution in [-0.2, 0) is 12.6 Å². The summed E-state index contributed by atoms with van der Waals surface area (Å²) in [5.74, 6) is 0.266. The number of rotatable bonds is 5. The molecule has 35 heavy (non-hydrogen) atoms. The lowest BCUT2D eigenvalue weighted by atomic mass is 10.0. The third kappa shape index (κ3) is 5.48. The average molecular weight is 484 g/mol. The van der Waals surface area contributed by atoms with Crippen LogP contribution < -0.4 is 15.4 Å². The van der Waals surface area contributed by atoms with Gasteiger partial charge in [-0.15, -0.1) is 0 Å². The van der Waals surface area contributed by atoms with Crippen molar-refractivity contribution in [1.29, 1.82) is 0 Å². The van der Waals surface area contributed by atoms with Crippen LogP contribution >= 0.6 is 0 Å². The summed E-state index contributed by atoms with van der Waals surface area (Å²) in [5.41, 5.74) is 0.601. The van der Waals surface area contributed by atoms with Crippen molar-refractivity contribution in [3.05, 3.63) is 83.4 Å². The molecule has 0 fully saturated rings. The number of nitrogens with one attached hydrogen (secondary N) is 2. The quantitative estimate of drug-likeness (QED) is 0.297. The number of hydrogen-bond donors (Lipinski definition) is 2. The molecule has 4 rings (SSSR count). The molecule has 10 heteroatoms. The fourth-order valence-corrected chi connectivity index (χ4v) is 3.48. The first-order valence-electron chi connectivity index (χ1n) is 10.6. The highest BCUT2D eigenvalue weighted by molar-refractivity contribution is 5.99. The SMILES string of the molecule is CCc1ccc(NC(=O)Nc2ccc(Oc3ncnc4cc(F)c(C)cc34)cc2)cc1C(F)(F)F. The van der Waals surface area contributed by atoms with E-state index in [9.17, 15) is 22.4 Å². The summed E-state index contributed by atoms with van der Waals surface area (Å²) in [6.07, 6.45) is -3.03. The molecule has 2 N–H and O–H groups in total. The van der Waals surface area contributed by atoms with Crippen LogP contribution in [0.25, 0.3) is 10.9 Å². The summed E-state index contributed by atoms with van der Waals surface area (Å²) in [6, 6.07) is 12.2. The monoisotopic (exact) mass is 484 g/mol. The standard InChI is InChI=1S/C25H20F4N4O2/c1-3-15-4-5-17(11-20(15)25(27,28)29)33-24(34)32-16-6-8-18(9-7-16)35-23-19-10-14(2)21(26)12-22(19)30-13-31-23/h4-13H,3H2,1-2H3,(H2,32,33,34).